The van der Waals surface area contributed by atoms with Crippen molar-refractivity contribution in [1.29, 1.82) is 0 Å². The van der Waals surface area contributed by atoms with Gasteiger partial charge < -0.3 is 19.7 Å². The zero-order chi connectivity index (χ0) is 30.8. The minimum absolute atomic E-state index is 0.00974. The number of benzene rings is 4. The summed E-state index contributed by atoms with van der Waals surface area (Å²) in [5.74, 6) is -1.09. The average molecular weight is 642 g/mol. The van der Waals surface area contributed by atoms with Gasteiger partial charge in [-0.25, -0.2) is 10.2 Å². The van der Waals surface area contributed by atoms with Crippen molar-refractivity contribution in [2.24, 2.45) is 5.10 Å². The maximum absolute atomic E-state index is 13.1. The van der Waals surface area contributed by atoms with Crippen molar-refractivity contribution < 1.29 is 23.9 Å². The number of halogens is 1. The lowest BCUT2D eigenvalue weighted by molar-refractivity contribution is -0.117. The van der Waals surface area contributed by atoms with Crippen LogP contribution in [0.4, 0.5) is 5.69 Å². The van der Waals surface area contributed by atoms with E-state index >= 15 is 0 Å². The van der Waals surface area contributed by atoms with E-state index in [4.69, 9.17) is 9.47 Å². The third-order valence-corrected chi connectivity index (χ3v) is 6.80. The molecule has 0 saturated carbocycles. The van der Waals surface area contributed by atoms with Gasteiger partial charge in [0.25, 0.3) is 11.8 Å². The molecule has 218 valence electrons. The Morgan fingerprint density at radius 3 is 2.19 bits per heavy atom. The van der Waals surface area contributed by atoms with E-state index in [9.17, 15) is 14.4 Å². The summed E-state index contributed by atoms with van der Waals surface area (Å²) in [7, 11) is 5.31. The number of nitrogens with zero attached hydrogens (tertiary/aromatic N) is 2. The Hall–Kier alpha value is -5.22. The molecule has 4 aromatic carbocycles. The number of ether oxygens (including phenoxy) is 2. The third kappa shape index (κ3) is 8.40. The van der Waals surface area contributed by atoms with Gasteiger partial charge in [0.1, 0.15) is 5.70 Å². The number of hydrogen-bond donors (Lipinski definition) is 2. The molecule has 0 saturated heterocycles. The van der Waals surface area contributed by atoms with Crippen molar-refractivity contribution in [3.8, 4) is 11.5 Å². The Morgan fingerprint density at radius 2 is 1.51 bits per heavy atom. The van der Waals surface area contributed by atoms with Gasteiger partial charge in [-0.2, -0.15) is 5.10 Å². The predicted molar refractivity (Wildman–Crippen MR) is 170 cm³/mol. The molecule has 0 unspecified atom stereocenters. The molecule has 0 atom stereocenters. The van der Waals surface area contributed by atoms with Gasteiger partial charge in [0.15, 0.2) is 11.5 Å². The molecule has 0 aliphatic carbocycles. The number of methoxy groups -OCH3 is 1. The summed E-state index contributed by atoms with van der Waals surface area (Å²) in [6.07, 6.45) is 2.98. The number of rotatable bonds is 10. The van der Waals surface area contributed by atoms with Crippen molar-refractivity contribution in [3.05, 3.63) is 129 Å². The van der Waals surface area contributed by atoms with Crippen molar-refractivity contribution in [3.63, 3.8) is 0 Å². The molecule has 0 fully saturated rings. The Bertz CT molecular complexity index is 1670. The van der Waals surface area contributed by atoms with Crippen molar-refractivity contribution in [1.82, 2.24) is 10.7 Å². The van der Waals surface area contributed by atoms with E-state index in [1.54, 1.807) is 78.9 Å². The summed E-state index contributed by atoms with van der Waals surface area (Å²) >= 11 is 3.35. The second kappa shape index (κ2) is 14.6. The summed E-state index contributed by atoms with van der Waals surface area (Å²) in [6.45, 7) is 0. The van der Waals surface area contributed by atoms with Crippen LogP contribution in [0.3, 0.4) is 0 Å². The van der Waals surface area contributed by atoms with E-state index in [0.717, 1.165) is 5.69 Å². The number of carbonyl (C=O) groups is 3. The van der Waals surface area contributed by atoms with Crippen molar-refractivity contribution in [2.45, 2.75) is 0 Å². The Balaban J connectivity index is 1.49. The molecule has 0 spiro atoms. The monoisotopic (exact) mass is 640 g/mol. The van der Waals surface area contributed by atoms with E-state index in [1.807, 2.05) is 43.3 Å². The van der Waals surface area contributed by atoms with E-state index < -0.39 is 17.8 Å². The molecule has 4 rings (SSSR count). The van der Waals surface area contributed by atoms with Crippen LogP contribution in [0.25, 0.3) is 6.08 Å². The van der Waals surface area contributed by atoms with Crippen LogP contribution in [0.5, 0.6) is 11.5 Å². The highest BCUT2D eigenvalue weighted by Gasteiger charge is 2.16. The van der Waals surface area contributed by atoms with Crippen LogP contribution in [0.1, 0.15) is 31.8 Å². The molecule has 10 heteroatoms. The smallest absolute Gasteiger partial charge is 0.344 e. The van der Waals surface area contributed by atoms with Crippen molar-refractivity contribution >= 4 is 51.7 Å². The molecule has 0 aliphatic heterocycles. The number of hydrazone groups is 1. The fourth-order valence-corrected chi connectivity index (χ4v) is 4.28. The number of amides is 2. The van der Waals surface area contributed by atoms with Gasteiger partial charge in [-0.1, -0.05) is 42.5 Å². The second-order valence-electron chi connectivity index (χ2n) is 9.34. The van der Waals surface area contributed by atoms with Crippen LogP contribution in [0, 0.1) is 0 Å². The zero-order valence-corrected chi connectivity index (χ0v) is 25.3. The summed E-state index contributed by atoms with van der Waals surface area (Å²) in [5.41, 5.74) is 5.51. The van der Waals surface area contributed by atoms with Crippen LogP contribution >= 0.6 is 15.9 Å². The standard InChI is InChI=1S/C33H29BrN4O5/c1-38(2)25-16-13-22(14-17-25)19-28(36-31(39)24-9-5-4-6-10-24)32(40)37-35-21-23-15-18-29(30(20-23)42-3)43-33(41)26-11-7-8-12-27(26)34/h4-21H,1-3H3,(H,36,39)(H,37,40)/b28-19-,35-21+. The fourth-order valence-electron chi connectivity index (χ4n) is 3.83. The summed E-state index contributed by atoms with van der Waals surface area (Å²) < 4.78 is 11.5. The highest BCUT2D eigenvalue weighted by atomic mass is 79.9. The molecule has 0 bridgehead atoms. The zero-order valence-electron chi connectivity index (χ0n) is 23.7. The van der Waals surface area contributed by atoms with Gasteiger partial charge in [0.2, 0.25) is 0 Å². The molecule has 2 amide bonds. The highest BCUT2D eigenvalue weighted by Crippen LogP contribution is 2.29. The first-order valence-corrected chi connectivity index (χ1v) is 13.9. The number of anilines is 1. The lowest BCUT2D eigenvalue weighted by atomic mass is 10.1. The quantitative estimate of drug-likeness (QED) is 0.0761. The van der Waals surface area contributed by atoms with E-state index in [0.29, 0.717) is 32.5 Å². The topological polar surface area (TPSA) is 109 Å². The molecule has 0 aliphatic rings. The molecule has 0 radical (unpaired) electrons. The largest absolute Gasteiger partial charge is 0.493 e. The van der Waals surface area contributed by atoms with E-state index in [2.05, 4.69) is 31.8 Å². The fraction of sp³-hybridized carbons (Fsp3) is 0.0909. The van der Waals surface area contributed by atoms with Gasteiger partial charge in [-0.15, -0.1) is 0 Å². The first-order valence-electron chi connectivity index (χ1n) is 13.1. The number of nitrogens with one attached hydrogen (secondary N) is 2. The van der Waals surface area contributed by atoms with Gasteiger partial charge in [-0.3, -0.25) is 9.59 Å². The van der Waals surface area contributed by atoms with Crippen LogP contribution in [-0.4, -0.2) is 45.2 Å². The molecule has 4 aromatic rings. The minimum Gasteiger partial charge on any atom is -0.493 e. The highest BCUT2D eigenvalue weighted by molar-refractivity contribution is 9.10. The average Bonchev–Trinajstić information content (AvgIpc) is 3.02. The minimum atomic E-state index is -0.622. The molecule has 0 heterocycles. The Kier molecular flexibility index (Phi) is 10.4. The van der Waals surface area contributed by atoms with E-state index in [1.165, 1.54) is 13.3 Å². The molecule has 43 heavy (non-hydrogen) atoms. The molecule has 2 N–H and O–H groups in total. The number of esters is 1. The molecular weight excluding hydrogens is 612 g/mol. The predicted octanol–water partition coefficient (Wildman–Crippen LogP) is 5.66. The van der Waals surface area contributed by atoms with E-state index in [-0.39, 0.29) is 11.4 Å². The van der Waals surface area contributed by atoms with Crippen molar-refractivity contribution in [2.75, 3.05) is 26.1 Å². The lowest BCUT2D eigenvalue weighted by Gasteiger charge is -2.13. The first kappa shape index (κ1) is 30.7. The first-order chi connectivity index (χ1) is 20.7. The summed E-state index contributed by atoms with van der Waals surface area (Å²) in [5, 5.41) is 6.74. The summed E-state index contributed by atoms with van der Waals surface area (Å²) in [4.78, 5) is 40.6. The van der Waals surface area contributed by atoms with Crippen LogP contribution in [0.15, 0.2) is 112 Å². The number of hydrogen-bond acceptors (Lipinski definition) is 7. The van der Waals surface area contributed by atoms with Gasteiger partial charge in [-0.05, 0) is 87.7 Å². The Morgan fingerprint density at radius 1 is 0.837 bits per heavy atom. The van der Waals surface area contributed by atoms with Gasteiger partial charge in [0.05, 0.1) is 18.9 Å². The molecule has 0 aromatic heterocycles. The van der Waals surface area contributed by atoms with Crippen LogP contribution in [-0.2, 0) is 4.79 Å². The molecular formula is C33H29BrN4O5. The number of carbonyl (C=O) groups excluding carboxylic acids is 3. The normalized spacial score (nSPS) is 11.1. The lowest BCUT2D eigenvalue weighted by Crippen LogP contribution is -2.32. The maximum atomic E-state index is 13.1. The maximum Gasteiger partial charge on any atom is 0.344 e. The molecule has 9 nitrogen and oxygen atoms in total. The third-order valence-electron chi connectivity index (χ3n) is 6.11. The SMILES string of the molecule is COc1cc(/C=N/NC(=O)/C(=C/c2ccc(N(C)C)cc2)NC(=O)c2ccccc2)ccc1OC(=O)c1ccccc1Br. The van der Waals surface area contributed by atoms with Gasteiger partial charge in [0, 0.05) is 29.8 Å². The van der Waals surface area contributed by atoms with Crippen LogP contribution < -0.4 is 25.1 Å². The summed E-state index contributed by atoms with van der Waals surface area (Å²) in [6, 6.07) is 27.9. The second-order valence-corrected chi connectivity index (χ2v) is 10.2. The van der Waals surface area contributed by atoms with Gasteiger partial charge >= 0.3 is 5.97 Å². The van der Waals surface area contributed by atoms with Crippen LogP contribution in [0.2, 0.25) is 0 Å². The Labute approximate surface area is 258 Å².